The molecule has 0 saturated heterocycles. The van der Waals surface area contributed by atoms with Crippen LogP contribution in [0, 0.1) is 0 Å². The Hall–Kier alpha value is -2.82. The molecule has 2 N–H and O–H groups in total. The lowest BCUT2D eigenvalue weighted by Gasteiger charge is -2.15. The quantitative estimate of drug-likeness (QED) is 0.862. The van der Waals surface area contributed by atoms with E-state index in [0.29, 0.717) is 11.4 Å². The second kappa shape index (κ2) is 7.98. The van der Waals surface area contributed by atoms with Gasteiger partial charge in [-0.05, 0) is 24.6 Å². The van der Waals surface area contributed by atoms with Crippen molar-refractivity contribution in [1.82, 2.24) is 5.32 Å². The first kappa shape index (κ1) is 16.5. The minimum atomic E-state index is -0.223. The second-order valence-electron chi connectivity index (χ2n) is 5.17. The maximum Gasteiger partial charge on any atom is 0.258 e. The van der Waals surface area contributed by atoms with E-state index >= 15 is 0 Å². The fourth-order valence-corrected chi connectivity index (χ4v) is 2.14. The fourth-order valence-electron chi connectivity index (χ4n) is 2.14. The average Bonchev–Trinajstić information content (AvgIpc) is 2.54. The summed E-state index contributed by atoms with van der Waals surface area (Å²) in [7, 11) is 0. The number of ether oxygens (including phenoxy) is 1. The summed E-state index contributed by atoms with van der Waals surface area (Å²) in [4.78, 5) is 23.2. The maximum atomic E-state index is 12.0. The first-order chi connectivity index (χ1) is 11.1. The zero-order valence-electron chi connectivity index (χ0n) is 13.2. The van der Waals surface area contributed by atoms with E-state index in [1.165, 1.54) is 6.92 Å². The standard InChI is InChI=1S/C18H20N2O3/c1-13(15-8-4-3-5-9-15)19-18(22)12-23-17-11-7-6-10-16(17)20-14(2)21/h3-11,13H,12H2,1-2H3,(H,19,22)(H,20,21)/t13-/m0/s1. The van der Waals surface area contributed by atoms with Gasteiger partial charge in [0.15, 0.2) is 6.61 Å². The van der Waals surface area contributed by atoms with Gasteiger partial charge in [-0.3, -0.25) is 9.59 Å². The van der Waals surface area contributed by atoms with Gasteiger partial charge in [0.05, 0.1) is 11.7 Å². The SMILES string of the molecule is CC(=O)Nc1ccccc1OCC(=O)N[C@@H](C)c1ccccc1. The number of carbonyl (C=O) groups is 2. The highest BCUT2D eigenvalue weighted by Gasteiger charge is 2.11. The number of carbonyl (C=O) groups excluding carboxylic acids is 2. The summed E-state index contributed by atoms with van der Waals surface area (Å²) in [6.07, 6.45) is 0. The van der Waals surface area contributed by atoms with Crippen molar-refractivity contribution in [3.05, 3.63) is 60.2 Å². The summed E-state index contributed by atoms with van der Waals surface area (Å²) in [5.74, 6) is 0.0485. The van der Waals surface area contributed by atoms with Gasteiger partial charge in [0.25, 0.3) is 5.91 Å². The molecule has 0 heterocycles. The van der Waals surface area contributed by atoms with Gasteiger partial charge in [-0.1, -0.05) is 42.5 Å². The van der Waals surface area contributed by atoms with Crippen LogP contribution in [0.1, 0.15) is 25.5 Å². The van der Waals surface area contributed by atoms with Crippen LogP contribution in [-0.4, -0.2) is 18.4 Å². The molecule has 0 unspecified atom stereocenters. The van der Waals surface area contributed by atoms with E-state index in [0.717, 1.165) is 5.56 Å². The smallest absolute Gasteiger partial charge is 0.258 e. The van der Waals surface area contributed by atoms with Crippen molar-refractivity contribution in [3.8, 4) is 5.75 Å². The van der Waals surface area contributed by atoms with Gasteiger partial charge in [0.1, 0.15) is 5.75 Å². The van der Waals surface area contributed by atoms with E-state index in [2.05, 4.69) is 10.6 Å². The molecule has 0 aliphatic rings. The first-order valence-electron chi connectivity index (χ1n) is 7.40. The molecule has 2 aromatic rings. The Morgan fingerprint density at radius 3 is 2.39 bits per heavy atom. The Kier molecular flexibility index (Phi) is 5.74. The number of hydrogen-bond donors (Lipinski definition) is 2. The Morgan fingerprint density at radius 2 is 1.70 bits per heavy atom. The maximum absolute atomic E-state index is 12.0. The fraction of sp³-hybridized carbons (Fsp3) is 0.222. The van der Waals surface area contributed by atoms with Crippen molar-refractivity contribution in [2.24, 2.45) is 0 Å². The number of para-hydroxylation sites is 2. The van der Waals surface area contributed by atoms with Crippen LogP contribution >= 0.6 is 0 Å². The van der Waals surface area contributed by atoms with Gasteiger partial charge in [-0.25, -0.2) is 0 Å². The van der Waals surface area contributed by atoms with Crippen molar-refractivity contribution >= 4 is 17.5 Å². The highest BCUT2D eigenvalue weighted by Crippen LogP contribution is 2.23. The van der Waals surface area contributed by atoms with Gasteiger partial charge in [0, 0.05) is 6.92 Å². The highest BCUT2D eigenvalue weighted by atomic mass is 16.5. The molecule has 0 aliphatic heterocycles. The van der Waals surface area contributed by atoms with Crippen LogP contribution in [0.15, 0.2) is 54.6 Å². The number of amides is 2. The minimum absolute atomic E-state index is 0.0992. The molecule has 0 spiro atoms. The van der Waals surface area contributed by atoms with Crippen LogP contribution in [0.3, 0.4) is 0 Å². The van der Waals surface area contributed by atoms with Crippen molar-refractivity contribution in [1.29, 1.82) is 0 Å². The predicted molar refractivity (Wildman–Crippen MR) is 89.2 cm³/mol. The number of hydrogen-bond acceptors (Lipinski definition) is 3. The Labute approximate surface area is 135 Å². The molecule has 5 heteroatoms. The number of rotatable bonds is 6. The number of nitrogens with one attached hydrogen (secondary N) is 2. The van der Waals surface area contributed by atoms with Gasteiger partial charge in [-0.15, -0.1) is 0 Å². The van der Waals surface area contributed by atoms with E-state index in [4.69, 9.17) is 4.74 Å². The summed E-state index contributed by atoms with van der Waals surface area (Å²) in [5, 5.41) is 5.54. The molecule has 0 saturated carbocycles. The van der Waals surface area contributed by atoms with E-state index in [9.17, 15) is 9.59 Å². The lowest BCUT2D eigenvalue weighted by Crippen LogP contribution is -2.31. The molecule has 0 radical (unpaired) electrons. The molecule has 2 rings (SSSR count). The molecular weight excluding hydrogens is 292 g/mol. The predicted octanol–water partition coefficient (Wildman–Crippen LogP) is 2.90. The molecule has 0 bridgehead atoms. The van der Waals surface area contributed by atoms with Crippen LogP contribution in [0.2, 0.25) is 0 Å². The van der Waals surface area contributed by atoms with Crippen molar-refractivity contribution < 1.29 is 14.3 Å². The van der Waals surface area contributed by atoms with Crippen LogP contribution < -0.4 is 15.4 Å². The monoisotopic (exact) mass is 312 g/mol. The highest BCUT2D eigenvalue weighted by molar-refractivity contribution is 5.90. The summed E-state index contributed by atoms with van der Waals surface area (Å²) < 4.78 is 5.51. The normalized spacial score (nSPS) is 11.4. The molecular formula is C18H20N2O3. The van der Waals surface area contributed by atoms with Crippen molar-refractivity contribution in [2.75, 3.05) is 11.9 Å². The summed E-state index contributed by atoms with van der Waals surface area (Å²) in [6.45, 7) is 3.22. The molecule has 120 valence electrons. The van der Waals surface area contributed by atoms with Gasteiger partial charge in [-0.2, -0.15) is 0 Å². The van der Waals surface area contributed by atoms with Gasteiger partial charge < -0.3 is 15.4 Å². The zero-order chi connectivity index (χ0) is 16.7. The second-order valence-corrected chi connectivity index (χ2v) is 5.17. The van der Waals surface area contributed by atoms with Crippen LogP contribution in [-0.2, 0) is 9.59 Å². The molecule has 23 heavy (non-hydrogen) atoms. The van der Waals surface area contributed by atoms with Crippen LogP contribution in [0.5, 0.6) is 5.75 Å². The Bertz CT molecular complexity index is 671. The molecule has 5 nitrogen and oxygen atoms in total. The van der Waals surface area contributed by atoms with Crippen LogP contribution in [0.25, 0.3) is 0 Å². The van der Waals surface area contributed by atoms with E-state index in [1.54, 1.807) is 24.3 Å². The first-order valence-corrected chi connectivity index (χ1v) is 7.40. The van der Waals surface area contributed by atoms with E-state index < -0.39 is 0 Å². The molecule has 0 aromatic heterocycles. The van der Waals surface area contributed by atoms with Gasteiger partial charge >= 0.3 is 0 Å². The minimum Gasteiger partial charge on any atom is -0.482 e. The average molecular weight is 312 g/mol. The molecule has 2 amide bonds. The van der Waals surface area contributed by atoms with Crippen LogP contribution in [0.4, 0.5) is 5.69 Å². The summed E-state index contributed by atoms with van der Waals surface area (Å²) in [6, 6.07) is 16.6. The molecule has 0 aliphatic carbocycles. The Morgan fingerprint density at radius 1 is 1.04 bits per heavy atom. The number of anilines is 1. The van der Waals surface area contributed by atoms with E-state index in [-0.39, 0.29) is 24.5 Å². The molecule has 1 atom stereocenters. The topological polar surface area (TPSA) is 67.4 Å². The zero-order valence-corrected chi connectivity index (χ0v) is 13.2. The lowest BCUT2D eigenvalue weighted by molar-refractivity contribution is -0.123. The third-order valence-corrected chi connectivity index (χ3v) is 3.23. The molecule has 0 fully saturated rings. The van der Waals surface area contributed by atoms with Crippen molar-refractivity contribution in [2.45, 2.75) is 19.9 Å². The third-order valence-electron chi connectivity index (χ3n) is 3.23. The largest absolute Gasteiger partial charge is 0.482 e. The van der Waals surface area contributed by atoms with E-state index in [1.807, 2.05) is 37.3 Å². The third kappa shape index (κ3) is 5.14. The number of benzene rings is 2. The summed E-state index contributed by atoms with van der Waals surface area (Å²) in [5.41, 5.74) is 1.57. The Balaban J connectivity index is 1.91. The van der Waals surface area contributed by atoms with Gasteiger partial charge in [0.2, 0.25) is 5.91 Å². The molecule has 2 aromatic carbocycles. The summed E-state index contributed by atoms with van der Waals surface area (Å²) >= 11 is 0. The van der Waals surface area contributed by atoms with Crippen molar-refractivity contribution in [3.63, 3.8) is 0 Å². The lowest BCUT2D eigenvalue weighted by atomic mass is 10.1.